The number of amides is 1. The number of carbonyl (C=O) groups is 1. The Morgan fingerprint density at radius 3 is 2.36 bits per heavy atom. The van der Waals surface area contributed by atoms with Crippen LogP contribution in [0.2, 0.25) is 0 Å². The van der Waals surface area contributed by atoms with Crippen LogP contribution in [0.15, 0.2) is 86.8 Å². The summed E-state index contributed by atoms with van der Waals surface area (Å²) in [5.74, 6) is 0.328. The van der Waals surface area contributed by atoms with Crippen LogP contribution in [0.3, 0.4) is 0 Å². The van der Waals surface area contributed by atoms with Crippen LogP contribution in [-0.2, 0) is 32.5 Å². The van der Waals surface area contributed by atoms with Crippen LogP contribution in [0.5, 0.6) is 0 Å². The van der Waals surface area contributed by atoms with E-state index in [9.17, 15) is 13.2 Å². The third-order valence-corrected chi connectivity index (χ3v) is 7.49. The van der Waals surface area contributed by atoms with Crippen molar-refractivity contribution in [1.29, 1.82) is 0 Å². The number of furan rings is 1. The number of rotatable bonds is 12. The third kappa shape index (κ3) is 7.26. The largest absolute Gasteiger partial charge is 0.467 e. The van der Waals surface area contributed by atoms with Gasteiger partial charge in [-0.2, -0.15) is 4.31 Å². The molecule has 0 bridgehead atoms. The highest BCUT2D eigenvalue weighted by Gasteiger charge is 2.28. The van der Waals surface area contributed by atoms with Crippen molar-refractivity contribution in [3.05, 3.63) is 88.8 Å². The molecule has 9 heteroatoms. The maximum Gasteiger partial charge on any atom is 0.243 e. The number of methoxy groups -OCH3 is 1. The molecule has 2 aromatic carbocycles. The minimum atomic E-state index is -3.89. The number of carbonyl (C=O) groups excluding carboxylic acids is 1. The van der Waals surface area contributed by atoms with Crippen molar-refractivity contribution >= 4 is 31.9 Å². The van der Waals surface area contributed by atoms with E-state index >= 15 is 0 Å². The number of hydrogen-bond acceptors (Lipinski definition) is 5. The summed E-state index contributed by atoms with van der Waals surface area (Å²) in [6.07, 6.45) is 2.20. The number of benzene rings is 2. The van der Waals surface area contributed by atoms with E-state index in [1.165, 1.54) is 23.5 Å². The first-order valence-corrected chi connectivity index (χ1v) is 12.7. The van der Waals surface area contributed by atoms with Gasteiger partial charge in [0.05, 0.1) is 30.9 Å². The Bertz CT molecular complexity index is 1100. The SMILES string of the molecule is COCCN(CC(=O)N(CCc1ccccc1)Cc1ccco1)S(=O)(=O)c1ccc(Br)cc1. The summed E-state index contributed by atoms with van der Waals surface area (Å²) in [4.78, 5) is 15.1. The highest BCUT2D eigenvalue weighted by Crippen LogP contribution is 2.19. The molecule has 33 heavy (non-hydrogen) atoms. The molecule has 3 rings (SSSR count). The smallest absolute Gasteiger partial charge is 0.243 e. The number of halogens is 1. The predicted molar refractivity (Wildman–Crippen MR) is 129 cm³/mol. The molecule has 0 saturated heterocycles. The zero-order chi connectivity index (χ0) is 23.7. The molecular formula is C24H27BrN2O5S. The molecule has 0 fully saturated rings. The Labute approximate surface area is 203 Å². The Hall–Kier alpha value is -2.46. The molecular weight excluding hydrogens is 508 g/mol. The lowest BCUT2D eigenvalue weighted by Gasteiger charge is -2.27. The molecule has 176 valence electrons. The van der Waals surface area contributed by atoms with Crippen molar-refractivity contribution in [2.24, 2.45) is 0 Å². The fourth-order valence-electron chi connectivity index (χ4n) is 3.28. The van der Waals surface area contributed by atoms with E-state index < -0.39 is 10.0 Å². The average molecular weight is 535 g/mol. The van der Waals surface area contributed by atoms with E-state index in [-0.39, 0.29) is 37.0 Å². The molecule has 0 N–H and O–H groups in total. The van der Waals surface area contributed by atoms with Gasteiger partial charge in [-0.15, -0.1) is 0 Å². The molecule has 0 aliphatic carbocycles. The number of sulfonamides is 1. The Balaban J connectivity index is 1.79. The molecule has 3 aromatic rings. The first-order chi connectivity index (χ1) is 15.9. The monoisotopic (exact) mass is 534 g/mol. The second-order valence-corrected chi connectivity index (χ2v) is 10.3. The first kappa shape index (κ1) is 25.2. The lowest BCUT2D eigenvalue weighted by atomic mass is 10.1. The van der Waals surface area contributed by atoms with Gasteiger partial charge in [-0.05, 0) is 48.4 Å². The van der Waals surface area contributed by atoms with Crippen LogP contribution >= 0.6 is 15.9 Å². The van der Waals surface area contributed by atoms with Gasteiger partial charge >= 0.3 is 0 Å². The van der Waals surface area contributed by atoms with E-state index in [2.05, 4.69) is 15.9 Å². The van der Waals surface area contributed by atoms with E-state index in [0.29, 0.717) is 18.7 Å². The second kappa shape index (κ2) is 12.1. The molecule has 0 aliphatic heterocycles. The summed E-state index contributed by atoms with van der Waals surface area (Å²) in [5, 5.41) is 0. The second-order valence-electron chi connectivity index (χ2n) is 7.42. The third-order valence-electron chi connectivity index (χ3n) is 5.10. The molecule has 0 aliphatic rings. The van der Waals surface area contributed by atoms with E-state index in [1.807, 2.05) is 30.3 Å². The van der Waals surface area contributed by atoms with Crippen molar-refractivity contribution in [3.63, 3.8) is 0 Å². The van der Waals surface area contributed by atoms with Gasteiger partial charge in [-0.1, -0.05) is 46.3 Å². The van der Waals surface area contributed by atoms with Crippen molar-refractivity contribution in [2.75, 3.05) is 33.4 Å². The predicted octanol–water partition coefficient (Wildman–Crippen LogP) is 3.95. The van der Waals surface area contributed by atoms with Gasteiger partial charge in [-0.25, -0.2) is 8.42 Å². The van der Waals surface area contributed by atoms with Crippen LogP contribution in [-0.4, -0.2) is 56.9 Å². The molecule has 1 amide bonds. The van der Waals surface area contributed by atoms with Crippen LogP contribution < -0.4 is 0 Å². The maximum atomic E-state index is 13.3. The van der Waals surface area contributed by atoms with Crippen LogP contribution in [0.1, 0.15) is 11.3 Å². The van der Waals surface area contributed by atoms with Crippen LogP contribution in [0, 0.1) is 0 Å². The van der Waals surface area contributed by atoms with Crippen molar-refractivity contribution in [2.45, 2.75) is 17.9 Å². The van der Waals surface area contributed by atoms with Gasteiger partial charge < -0.3 is 14.1 Å². The van der Waals surface area contributed by atoms with Gasteiger partial charge in [0, 0.05) is 24.7 Å². The molecule has 7 nitrogen and oxygen atoms in total. The minimum Gasteiger partial charge on any atom is -0.467 e. The maximum absolute atomic E-state index is 13.3. The summed E-state index contributed by atoms with van der Waals surface area (Å²) < 4.78 is 39.0. The van der Waals surface area contributed by atoms with E-state index in [4.69, 9.17) is 9.15 Å². The molecule has 0 unspecified atom stereocenters. The lowest BCUT2D eigenvalue weighted by Crippen LogP contribution is -2.44. The molecule has 1 aromatic heterocycles. The summed E-state index contributed by atoms with van der Waals surface area (Å²) in [6.45, 7) is 0.630. The highest BCUT2D eigenvalue weighted by atomic mass is 79.9. The zero-order valence-corrected chi connectivity index (χ0v) is 20.8. The first-order valence-electron chi connectivity index (χ1n) is 10.5. The van der Waals surface area contributed by atoms with Crippen LogP contribution in [0.4, 0.5) is 0 Å². The molecule has 0 spiro atoms. The Kier molecular flexibility index (Phi) is 9.25. The van der Waals surface area contributed by atoms with Crippen LogP contribution in [0.25, 0.3) is 0 Å². The molecule has 0 radical (unpaired) electrons. The normalized spacial score (nSPS) is 11.6. The van der Waals surface area contributed by atoms with Gasteiger partial charge in [-0.3, -0.25) is 4.79 Å². The highest BCUT2D eigenvalue weighted by molar-refractivity contribution is 9.10. The standard InChI is InChI=1S/C24H27BrN2O5S/c1-31-17-15-27(33(29,30)23-11-9-21(25)10-12-23)19-24(28)26(18-22-8-5-16-32-22)14-13-20-6-3-2-4-7-20/h2-12,16H,13-15,17-19H2,1H3. The van der Waals surface area contributed by atoms with E-state index in [1.54, 1.807) is 35.4 Å². The van der Waals surface area contributed by atoms with Gasteiger partial charge in [0.1, 0.15) is 5.76 Å². The van der Waals surface area contributed by atoms with Crippen molar-refractivity contribution < 1.29 is 22.4 Å². The summed E-state index contributed by atoms with van der Waals surface area (Å²) in [5.41, 5.74) is 1.09. The fourth-order valence-corrected chi connectivity index (χ4v) is 4.91. The quantitative estimate of drug-likeness (QED) is 0.351. The molecule has 1 heterocycles. The van der Waals surface area contributed by atoms with Crippen molar-refractivity contribution in [1.82, 2.24) is 9.21 Å². The van der Waals surface area contributed by atoms with Gasteiger partial charge in [0.25, 0.3) is 0 Å². The van der Waals surface area contributed by atoms with Gasteiger partial charge in [0.15, 0.2) is 0 Å². The topological polar surface area (TPSA) is 80.1 Å². The zero-order valence-electron chi connectivity index (χ0n) is 18.4. The number of hydrogen-bond donors (Lipinski definition) is 0. The Morgan fingerprint density at radius 1 is 1.00 bits per heavy atom. The molecule has 0 saturated carbocycles. The van der Waals surface area contributed by atoms with Crippen molar-refractivity contribution in [3.8, 4) is 0 Å². The fraction of sp³-hybridized carbons (Fsp3) is 0.292. The van der Waals surface area contributed by atoms with E-state index in [0.717, 1.165) is 10.0 Å². The lowest BCUT2D eigenvalue weighted by molar-refractivity contribution is -0.132. The minimum absolute atomic E-state index is 0.0634. The molecule has 0 atom stereocenters. The average Bonchev–Trinajstić information content (AvgIpc) is 3.33. The summed E-state index contributed by atoms with van der Waals surface area (Å²) >= 11 is 3.32. The number of ether oxygens (including phenoxy) is 1. The summed E-state index contributed by atoms with van der Waals surface area (Å²) in [6, 6.07) is 19.7. The van der Waals surface area contributed by atoms with Gasteiger partial charge in [0.2, 0.25) is 15.9 Å². The Morgan fingerprint density at radius 2 is 1.73 bits per heavy atom. The number of nitrogens with zero attached hydrogens (tertiary/aromatic N) is 2. The summed E-state index contributed by atoms with van der Waals surface area (Å²) in [7, 11) is -2.39.